The maximum atomic E-state index is 12.6. The van der Waals surface area contributed by atoms with Crippen LogP contribution in [0.5, 0.6) is 0 Å². The van der Waals surface area contributed by atoms with E-state index in [9.17, 15) is 4.79 Å². The molecule has 1 fully saturated rings. The molecule has 1 heterocycles. The van der Waals surface area contributed by atoms with Crippen LogP contribution in [0.3, 0.4) is 0 Å². The molecular formula is C25H35N3O. The number of likely N-dealkylation sites (tertiary alicyclic amines) is 1. The molecule has 0 radical (unpaired) electrons. The average Bonchev–Trinajstić information content (AvgIpc) is 2.78. The summed E-state index contributed by atoms with van der Waals surface area (Å²) in [7, 11) is 0. The van der Waals surface area contributed by atoms with Gasteiger partial charge < -0.3 is 5.32 Å². The fraction of sp³-hybridized carbons (Fsp3) is 0.480. The van der Waals surface area contributed by atoms with Gasteiger partial charge in [0.05, 0.1) is 0 Å². The first-order valence-electron chi connectivity index (χ1n) is 11.1. The SMILES string of the molecule is CCN(CC)Cc1ccc(C(=O)NCc2ccccc2CN2CCCCC2)cc1. The molecule has 0 saturated carbocycles. The largest absolute Gasteiger partial charge is 0.348 e. The zero-order chi connectivity index (χ0) is 20.5. The molecule has 0 spiro atoms. The first-order valence-corrected chi connectivity index (χ1v) is 11.1. The molecule has 4 nitrogen and oxygen atoms in total. The van der Waals surface area contributed by atoms with Crippen molar-refractivity contribution in [3.8, 4) is 0 Å². The summed E-state index contributed by atoms with van der Waals surface area (Å²) in [4.78, 5) is 17.5. The summed E-state index contributed by atoms with van der Waals surface area (Å²) in [6.45, 7) is 11.3. The highest BCUT2D eigenvalue weighted by atomic mass is 16.1. The molecule has 4 heteroatoms. The van der Waals surface area contributed by atoms with Crippen LogP contribution in [0, 0.1) is 0 Å². The Kier molecular flexibility index (Phi) is 8.26. The maximum Gasteiger partial charge on any atom is 0.251 e. The summed E-state index contributed by atoms with van der Waals surface area (Å²) < 4.78 is 0. The topological polar surface area (TPSA) is 35.6 Å². The van der Waals surface area contributed by atoms with Crippen molar-refractivity contribution in [2.24, 2.45) is 0 Å². The predicted molar refractivity (Wildman–Crippen MR) is 120 cm³/mol. The summed E-state index contributed by atoms with van der Waals surface area (Å²) in [6.07, 6.45) is 3.94. The van der Waals surface area contributed by atoms with Crippen LogP contribution >= 0.6 is 0 Å². The summed E-state index contributed by atoms with van der Waals surface area (Å²) in [5.74, 6) is -0.00725. The molecule has 0 aliphatic carbocycles. The second-order valence-corrected chi connectivity index (χ2v) is 7.95. The van der Waals surface area contributed by atoms with Crippen molar-refractivity contribution in [3.05, 3.63) is 70.8 Å². The zero-order valence-electron chi connectivity index (χ0n) is 18.0. The third-order valence-corrected chi connectivity index (χ3v) is 5.92. The Morgan fingerprint density at radius 1 is 0.931 bits per heavy atom. The Labute approximate surface area is 175 Å². The molecule has 1 amide bonds. The van der Waals surface area contributed by atoms with E-state index in [1.807, 2.05) is 12.1 Å². The number of piperidine rings is 1. The Bertz CT molecular complexity index is 762. The molecule has 3 rings (SSSR count). The third kappa shape index (κ3) is 6.41. The molecule has 0 bridgehead atoms. The number of amides is 1. The molecule has 0 atom stereocenters. The molecule has 1 saturated heterocycles. The highest BCUT2D eigenvalue weighted by molar-refractivity contribution is 5.94. The van der Waals surface area contributed by atoms with Gasteiger partial charge in [0.2, 0.25) is 0 Å². The van der Waals surface area contributed by atoms with Gasteiger partial charge in [0.15, 0.2) is 0 Å². The van der Waals surface area contributed by atoms with Gasteiger partial charge in [-0.25, -0.2) is 0 Å². The lowest BCUT2D eigenvalue weighted by atomic mass is 10.0. The summed E-state index contributed by atoms with van der Waals surface area (Å²) >= 11 is 0. The van der Waals surface area contributed by atoms with E-state index in [1.54, 1.807) is 0 Å². The highest BCUT2D eigenvalue weighted by Gasteiger charge is 2.13. The molecule has 0 aromatic heterocycles. The number of carbonyl (C=O) groups excluding carboxylic acids is 1. The van der Waals surface area contributed by atoms with Gasteiger partial charge in [0, 0.05) is 25.2 Å². The number of nitrogens with zero attached hydrogens (tertiary/aromatic N) is 2. The van der Waals surface area contributed by atoms with Gasteiger partial charge in [0.1, 0.15) is 0 Å². The normalized spacial score (nSPS) is 14.9. The van der Waals surface area contributed by atoms with Crippen LogP contribution in [0.15, 0.2) is 48.5 Å². The Hall–Kier alpha value is -2.17. The van der Waals surface area contributed by atoms with Crippen molar-refractivity contribution in [2.45, 2.75) is 52.7 Å². The number of rotatable bonds is 9. The third-order valence-electron chi connectivity index (χ3n) is 5.92. The lowest BCUT2D eigenvalue weighted by Gasteiger charge is -2.27. The minimum atomic E-state index is -0.00725. The number of hydrogen-bond acceptors (Lipinski definition) is 3. The van der Waals surface area contributed by atoms with Crippen molar-refractivity contribution < 1.29 is 4.79 Å². The second kappa shape index (κ2) is 11.1. The second-order valence-electron chi connectivity index (χ2n) is 7.95. The van der Waals surface area contributed by atoms with Crippen LogP contribution in [0.25, 0.3) is 0 Å². The lowest BCUT2D eigenvalue weighted by molar-refractivity contribution is 0.0950. The molecule has 1 aliphatic heterocycles. The smallest absolute Gasteiger partial charge is 0.251 e. The van der Waals surface area contributed by atoms with Gasteiger partial charge in [-0.3, -0.25) is 14.6 Å². The monoisotopic (exact) mass is 393 g/mol. The van der Waals surface area contributed by atoms with Crippen LogP contribution in [0.1, 0.15) is 60.2 Å². The van der Waals surface area contributed by atoms with E-state index in [2.05, 4.69) is 65.4 Å². The van der Waals surface area contributed by atoms with Crippen LogP contribution < -0.4 is 5.32 Å². The molecule has 1 N–H and O–H groups in total. The van der Waals surface area contributed by atoms with Gasteiger partial charge in [-0.1, -0.05) is 56.7 Å². The number of carbonyl (C=O) groups is 1. The first-order chi connectivity index (χ1) is 14.2. The van der Waals surface area contributed by atoms with Crippen molar-refractivity contribution in [2.75, 3.05) is 26.2 Å². The Morgan fingerprint density at radius 3 is 2.24 bits per heavy atom. The quantitative estimate of drug-likeness (QED) is 0.684. The number of nitrogens with one attached hydrogen (secondary N) is 1. The van der Waals surface area contributed by atoms with Gasteiger partial charge in [-0.05, 0) is 67.8 Å². The zero-order valence-corrected chi connectivity index (χ0v) is 18.0. The van der Waals surface area contributed by atoms with Gasteiger partial charge >= 0.3 is 0 Å². The van der Waals surface area contributed by atoms with Crippen LogP contribution in [0.4, 0.5) is 0 Å². The minimum Gasteiger partial charge on any atom is -0.348 e. The van der Waals surface area contributed by atoms with E-state index in [1.165, 1.54) is 49.0 Å². The fourth-order valence-electron chi connectivity index (χ4n) is 3.99. The lowest BCUT2D eigenvalue weighted by Crippen LogP contribution is -2.30. The van der Waals surface area contributed by atoms with Crippen molar-refractivity contribution >= 4 is 5.91 Å². The van der Waals surface area contributed by atoms with E-state index in [-0.39, 0.29) is 5.91 Å². The van der Waals surface area contributed by atoms with Crippen LogP contribution in [-0.2, 0) is 19.6 Å². The fourth-order valence-corrected chi connectivity index (χ4v) is 3.99. The maximum absolute atomic E-state index is 12.6. The van der Waals surface area contributed by atoms with Crippen LogP contribution in [0.2, 0.25) is 0 Å². The minimum absolute atomic E-state index is 0.00725. The van der Waals surface area contributed by atoms with E-state index >= 15 is 0 Å². The predicted octanol–water partition coefficient (Wildman–Crippen LogP) is 4.44. The van der Waals surface area contributed by atoms with E-state index in [4.69, 9.17) is 0 Å². The summed E-state index contributed by atoms with van der Waals surface area (Å²) in [6, 6.07) is 16.5. The number of benzene rings is 2. The Morgan fingerprint density at radius 2 is 1.59 bits per heavy atom. The first kappa shape index (κ1) is 21.5. The van der Waals surface area contributed by atoms with Crippen molar-refractivity contribution in [3.63, 3.8) is 0 Å². The summed E-state index contributed by atoms with van der Waals surface area (Å²) in [5, 5.41) is 3.11. The van der Waals surface area contributed by atoms with Gasteiger partial charge in [-0.2, -0.15) is 0 Å². The molecular weight excluding hydrogens is 358 g/mol. The van der Waals surface area contributed by atoms with E-state index in [0.717, 1.165) is 31.7 Å². The standard InChI is InChI=1S/C25H35N3O/c1-3-27(4-2)19-21-12-14-22(15-13-21)25(29)26-18-23-10-6-7-11-24(23)20-28-16-8-5-9-17-28/h6-7,10-15H,3-5,8-9,16-20H2,1-2H3,(H,26,29). The molecule has 0 unspecified atom stereocenters. The molecule has 2 aromatic carbocycles. The summed E-state index contributed by atoms with van der Waals surface area (Å²) in [5.41, 5.74) is 4.51. The van der Waals surface area contributed by atoms with Gasteiger partial charge in [0.25, 0.3) is 5.91 Å². The highest BCUT2D eigenvalue weighted by Crippen LogP contribution is 2.16. The van der Waals surface area contributed by atoms with Crippen LogP contribution in [-0.4, -0.2) is 41.9 Å². The number of hydrogen-bond donors (Lipinski definition) is 1. The molecule has 29 heavy (non-hydrogen) atoms. The molecule has 2 aromatic rings. The van der Waals surface area contributed by atoms with E-state index < -0.39 is 0 Å². The molecule has 1 aliphatic rings. The Balaban J connectivity index is 1.56. The van der Waals surface area contributed by atoms with Crippen molar-refractivity contribution in [1.29, 1.82) is 0 Å². The van der Waals surface area contributed by atoms with Crippen molar-refractivity contribution in [1.82, 2.24) is 15.1 Å². The van der Waals surface area contributed by atoms with E-state index in [0.29, 0.717) is 6.54 Å². The average molecular weight is 394 g/mol. The van der Waals surface area contributed by atoms with Gasteiger partial charge in [-0.15, -0.1) is 0 Å². The molecule has 156 valence electrons.